The van der Waals surface area contributed by atoms with Crippen LogP contribution < -0.4 is 10.2 Å². The van der Waals surface area contributed by atoms with Crippen LogP contribution in [0.25, 0.3) is 0 Å². The highest BCUT2D eigenvalue weighted by atomic mass is 35.5. The Morgan fingerprint density at radius 3 is 2.44 bits per heavy atom. The molecule has 2 aromatic rings. The van der Waals surface area contributed by atoms with Crippen molar-refractivity contribution in [3.63, 3.8) is 0 Å². The number of amides is 2. The van der Waals surface area contributed by atoms with Gasteiger partial charge in [0.2, 0.25) is 5.91 Å². The molecule has 0 spiro atoms. The van der Waals surface area contributed by atoms with Crippen LogP contribution in [0.1, 0.15) is 23.7 Å². The summed E-state index contributed by atoms with van der Waals surface area (Å²) in [6.07, 6.45) is 1.53. The number of nitrogens with zero attached hydrogens (tertiary/aromatic N) is 2. The summed E-state index contributed by atoms with van der Waals surface area (Å²) >= 11 is 11.4. The number of anilines is 2. The molecule has 1 aliphatic rings. The number of hydrogen-bond donors (Lipinski definition) is 1. The van der Waals surface area contributed by atoms with E-state index in [4.69, 9.17) is 28.6 Å². The van der Waals surface area contributed by atoms with Gasteiger partial charge in [0, 0.05) is 17.3 Å². The highest BCUT2D eigenvalue weighted by Gasteiger charge is 2.43. The third kappa shape index (κ3) is 5.15. The van der Waals surface area contributed by atoms with E-state index in [2.05, 4.69) is 11.9 Å². The van der Waals surface area contributed by atoms with E-state index in [0.29, 0.717) is 28.5 Å². The Balaban J connectivity index is 1.78. The fraction of sp³-hybridized carbons (Fsp3) is 0.217. The van der Waals surface area contributed by atoms with Gasteiger partial charge in [-0.05, 0) is 67.7 Å². The molecular weight excluding hydrogens is 450 g/mol. The Bertz CT molecular complexity index is 1040. The average molecular weight is 472 g/mol. The van der Waals surface area contributed by atoms with E-state index in [1.54, 1.807) is 66.4 Å². The zero-order chi connectivity index (χ0) is 23.3. The molecule has 1 saturated heterocycles. The van der Waals surface area contributed by atoms with Gasteiger partial charge < -0.3 is 15.0 Å². The first kappa shape index (κ1) is 23.4. The molecule has 0 aromatic heterocycles. The maximum absolute atomic E-state index is 13.2. The number of thiocarbonyl (C=S) groups is 1. The van der Waals surface area contributed by atoms with Crippen molar-refractivity contribution in [2.75, 3.05) is 23.4 Å². The van der Waals surface area contributed by atoms with E-state index in [1.807, 2.05) is 0 Å². The van der Waals surface area contributed by atoms with Gasteiger partial charge in [0.15, 0.2) is 5.11 Å². The molecule has 9 heteroatoms. The second-order valence-corrected chi connectivity index (χ2v) is 7.74. The number of rotatable bonds is 8. The molecule has 1 heterocycles. The maximum Gasteiger partial charge on any atom is 0.338 e. The second-order valence-electron chi connectivity index (χ2n) is 6.94. The first-order chi connectivity index (χ1) is 15.3. The van der Waals surface area contributed by atoms with Crippen LogP contribution in [-0.4, -0.2) is 47.0 Å². The number of carbonyl (C=O) groups is 3. The Hall–Kier alpha value is -3.23. The summed E-state index contributed by atoms with van der Waals surface area (Å²) in [6, 6.07) is 12.3. The van der Waals surface area contributed by atoms with Crippen LogP contribution in [0.2, 0.25) is 5.02 Å². The Kier molecular flexibility index (Phi) is 7.61. The molecule has 1 atom stereocenters. The van der Waals surface area contributed by atoms with E-state index < -0.39 is 12.0 Å². The fourth-order valence-electron chi connectivity index (χ4n) is 3.30. The van der Waals surface area contributed by atoms with Gasteiger partial charge in [-0.1, -0.05) is 17.7 Å². The molecule has 1 N–H and O–H groups in total. The van der Waals surface area contributed by atoms with Gasteiger partial charge in [-0.15, -0.1) is 6.58 Å². The monoisotopic (exact) mass is 471 g/mol. The molecular formula is C23H22ClN3O4S. The molecule has 7 nitrogen and oxygen atoms in total. The topological polar surface area (TPSA) is 79.0 Å². The van der Waals surface area contributed by atoms with Crippen molar-refractivity contribution >= 4 is 58.1 Å². The van der Waals surface area contributed by atoms with E-state index in [9.17, 15) is 14.4 Å². The van der Waals surface area contributed by atoms with Gasteiger partial charge in [0.1, 0.15) is 6.04 Å². The van der Waals surface area contributed by atoms with Crippen molar-refractivity contribution in [3.8, 4) is 0 Å². The fourth-order valence-corrected chi connectivity index (χ4v) is 3.82. The normalized spacial score (nSPS) is 15.6. The number of ether oxygens (including phenoxy) is 1. The lowest BCUT2D eigenvalue weighted by Gasteiger charge is -2.22. The lowest BCUT2D eigenvalue weighted by atomic mass is 10.1. The molecule has 1 unspecified atom stereocenters. The highest BCUT2D eigenvalue weighted by molar-refractivity contribution is 7.80. The second kappa shape index (κ2) is 10.4. The summed E-state index contributed by atoms with van der Waals surface area (Å²) in [5.41, 5.74) is 1.45. The predicted octanol–water partition coefficient (Wildman–Crippen LogP) is 4.03. The minimum Gasteiger partial charge on any atom is -0.462 e. The van der Waals surface area contributed by atoms with E-state index in [0.717, 1.165) is 0 Å². The molecule has 3 rings (SSSR count). The third-order valence-electron chi connectivity index (χ3n) is 4.79. The van der Waals surface area contributed by atoms with E-state index in [-0.39, 0.29) is 30.0 Å². The SMILES string of the molecule is C=CCN1C(=S)N(c2ccc(C(=O)OCC)cc2)C(=O)C1CC(=O)Nc1ccc(Cl)cc1. The number of carbonyl (C=O) groups excluding carboxylic acids is 3. The number of halogens is 1. The minimum absolute atomic E-state index is 0.0904. The van der Waals surface area contributed by atoms with Gasteiger partial charge in [-0.2, -0.15) is 0 Å². The Labute approximate surface area is 196 Å². The molecule has 0 bridgehead atoms. The Morgan fingerprint density at radius 1 is 1.19 bits per heavy atom. The van der Waals surface area contributed by atoms with Crippen molar-refractivity contribution in [1.82, 2.24) is 4.90 Å². The molecule has 0 saturated carbocycles. The molecule has 1 fully saturated rings. The summed E-state index contributed by atoms with van der Waals surface area (Å²) in [5.74, 6) is -1.10. The summed E-state index contributed by atoms with van der Waals surface area (Å²) < 4.78 is 4.98. The first-order valence-corrected chi connectivity index (χ1v) is 10.7. The number of nitrogens with one attached hydrogen (secondary N) is 1. The molecule has 2 aromatic carbocycles. The van der Waals surface area contributed by atoms with Crippen LogP contribution in [0.15, 0.2) is 61.2 Å². The first-order valence-electron chi connectivity index (χ1n) is 9.93. The van der Waals surface area contributed by atoms with Crippen molar-refractivity contribution in [3.05, 3.63) is 71.8 Å². The van der Waals surface area contributed by atoms with E-state index in [1.165, 1.54) is 4.90 Å². The van der Waals surface area contributed by atoms with Gasteiger partial charge >= 0.3 is 5.97 Å². The van der Waals surface area contributed by atoms with Crippen molar-refractivity contribution in [1.29, 1.82) is 0 Å². The lowest BCUT2D eigenvalue weighted by Crippen LogP contribution is -2.37. The summed E-state index contributed by atoms with van der Waals surface area (Å²) in [4.78, 5) is 40.8. The van der Waals surface area contributed by atoms with Crippen LogP contribution in [-0.2, 0) is 14.3 Å². The number of benzene rings is 2. The minimum atomic E-state index is -0.780. The van der Waals surface area contributed by atoms with Crippen molar-refractivity contribution < 1.29 is 19.1 Å². The maximum atomic E-state index is 13.2. The van der Waals surface area contributed by atoms with E-state index >= 15 is 0 Å². The molecule has 0 aliphatic carbocycles. The van der Waals surface area contributed by atoms with Gasteiger partial charge in [0.25, 0.3) is 5.91 Å². The summed E-state index contributed by atoms with van der Waals surface area (Å²) in [7, 11) is 0. The van der Waals surface area contributed by atoms with Gasteiger partial charge in [0.05, 0.1) is 24.3 Å². The van der Waals surface area contributed by atoms with Crippen LogP contribution in [0.4, 0.5) is 11.4 Å². The zero-order valence-electron chi connectivity index (χ0n) is 17.4. The zero-order valence-corrected chi connectivity index (χ0v) is 19.0. The summed E-state index contributed by atoms with van der Waals surface area (Å²) in [5, 5.41) is 3.59. The highest BCUT2D eigenvalue weighted by Crippen LogP contribution is 2.28. The number of esters is 1. The largest absolute Gasteiger partial charge is 0.462 e. The standard InChI is InChI=1S/C23H22ClN3O4S/c1-3-13-26-19(14-20(28)25-17-9-7-16(24)8-10-17)21(29)27(23(26)32)18-11-5-15(6-12-18)22(30)31-4-2/h3,5-12,19H,1,4,13-14H2,2H3,(H,25,28). The average Bonchev–Trinajstić information content (AvgIpc) is 3.00. The Morgan fingerprint density at radius 2 is 1.84 bits per heavy atom. The molecule has 2 amide bonds. The quantitative estimate of drug-likeness (QED) is 0.355. The summed E-state index contributed by atoms with van der Waals surface area (Å²) in [6.45, 7) is 6.03. The molecule has 1 aliphatic heterocycles. The van der Waals surface area contributed by atoms with Crippen LogP contribution in [0.5, 0.6) is 0 Å². The van der Waals surface area contributed by atoms with Crippen LogP contribution in [0, 0.1) is 0 Å². The molecule has 32 heavy (non-hydrogen) atoms. The van der Waals surface area contributed by atoms with Gasteiger partial charge in [-0.25, -0.2) is 4.79 Å². The van der Waals surface area contributed by atoms with Crippen LogP contribution >= 0.6 is 23.8 Å². The number of hydrogen-bond acceptors (Lipinski definition) is 5. The predicted molar refractivity (Wildman–Crippen MR) is 128 cm³/mol. The molecule has 0 radical (unpaired) electrons. The van der Waals surface area contributed by atoms with Crippen LogP contribution in [0.3, 0.4) is 0 Å². The van der Waals surface area contributed by atoms with Gasteiger partial charge in [-0.3, -0.25) is 14.5 Å². The van der Waals surface area contributed by atoms with Crippen molar-refractivity contribution in [2.45, 2.75) is 19.4 Å². The molecule has 166 valence electrons. The van der Waals surface area contributed by atoms with Crippen molar-refractivity contribution in [2.24, 2.45) is 0 Å². The third-order valence-corrected chi connectivity index (χ3v) is 5.46. The lowest BCUT2D eigenvalue weighted by molar-refractivity contribution is -0.124. The smallest absolute Gasteiger partial charge is 0.338 e.